The van der Waals surface area contributed by atoms with Gasteiger partial charge in [-0.1, -0.05) is 17.7 Å². The number of nitrogens with one attached hydrogen (secondary N) is 1. The highest BCUT2D eigenvalue weighted by Crippen LogP contribution is 2.25. The van der Waals surface area contributed by atoms with E-state index in [1.54, 1.807) is 18.3 Å². The van der Waals surface area contributed by atoms with Gasteiger partial charge in [-0.15, -0.1) is 0 Å². The molecule has 0 atom stereocenters. The molecule has 0 saturated carbocycles. The molecule has 3 aromatic rings. The first-order valence-corrected chi connectivity index (χ1v) is 6.97. The normalized spacial score (nSPS) is 10.8. The van der Waals surface area contributed by atoms with Crippen molar-refractivity contribution in [3.63, 3.8) is 0 Å². The highest BCUT2D eigenvalue weighted by molar-refractivity contribution is 6.31. The van der Waals surface area contributed by atoms with E-state index in [0.717, 1.165) is 16.6 Å². The van der Waals surface area contributed by atoms with E-state index in [1.165, 1.54) is 0 Å². The van der Waals surface area contributed by atoms with E-state index in [1.807, 2.05) is 37.4 Å². The number of benzene rings is 1. The summed E-state index contributed by atoms with van der Waals surface area (Å²) in [6.45, 7) is 0.593. The Hall–Kier alpha value is -2.17. The first kappa shape index (κ1) is 13.8. The number of ether oxygens (including phenoxy) is 1. The SMILES string of the molecule is CNCc1nc(Oc2ccc3cccnc3c2)ccc1Cl. The fourth-order valence-electron chi connectivity index (χ4n) is 2.04. The summed E-state index contributed by atoms with van der Waals surface area (Å²) in [5.41, 5.74) is 1.65. The predicted octanol–water partition coefficient (Wildman–Crippen LogP) is 3.79. The third kappa shape index (κ3) is 3.12. The quantitative estimate of drug-likeness (QED) is 0.796. The molecule has 0 unspecified atom stereocenters. The van der Waals surface area contributed by atoms with Crippen molar-refractivity contribution >= 4 is 22.5 Å². The van der Waals surface area contributed by atoms with E-state index in [2.05, 4.69) is 15.3 Å². The number of halogens is 1. The monoisotopic (exact) mass is 299 g/mol. The second kappa shape index (κ2) is 6.08. The maximum Gasteiger partial charge on any atom is 0.219 e. The molecule has 0 saturated heterocycles. The average molecular weight is 300 g/mol. The van der Waals surface area contributed by atoms with Gasteiger partial charge < -0.3 is 10.1 Å². The predicted molar refractivity (Wildman–Crippen MR) is 83.8 cm³/mol. The zero-order valence-electron chi connectivity index (χ0n) is 11.5. The van der Waals surface area contributed by atoms with Crippen LogP contribution in [0.15, 0.2) is 48.7 Å². The average Bonchev–Trinajstić information content (AvgIpc) is 2.51. The Morgan fingerprint density at radius 1 is 1.19 bits per heavy atom. The lowest BCUT2D eigenvalue weighted by atomic mass is 10.2. The Morgan fingerprint density at radius 3 is 2.95 bits per heavy atom. The number of hydrogen-bond donors (Lipinski definition) is 1. The molecule has 5 heteroatoms. The van der Waals surface area contributed by atoms with Crippen molar-refractivity contribution in [3.05, 3.63) is 59.4 Å². The molecule has 3 rings (SSSR count). The summed E-state index contributed by atoms with van der Waals surface area (Å²) in [6.07, 6.45) is 1.76. The summed E-state index contributed by atoms with van der Waals surface area (Å²) in [5, 5.41) is 4.72. The van der Waals surface area contributed by atoms with Gasteiger partial charge in [-0.25, -0.2) is 4.98 Å². The van der Waals surface area contributed by atoms with Crippen molar-refractivity contribution in [1.29, 1.82) is 0 Å². The zero-order chi connectivity index (χ0) is 14.7. The maximum atomic E-state index is 6.09. The smallest absolute Gasteiger partial charge is 0.219 e. The van der Waals surface area contributed by atoms with Gasteiger partial charge >= 0.3 is 0 Å². The molecule has 0 fully saturated rings. The van der Waals surface area contributed by atoms with Gasteiger partial charge in [-0.2, -0.15) is 0 Å². The number of pyridine rings is 2. The molecule has 1 aromatic carbocycles. The van der Waals surface area contributed by atoms with Crippen LogP contribution in [0.5, 0.6) is 11.6 Å². The summed E-state index contributed by atoms with van der Waals surface area (Å²) in [6, 6.07) is 13.2. The summed E-state index contributed by atoms with van der Waals surface area (Å²) in [4.78, 5) is 8.71. The van der Waals surface area contributed by atoms with Crippen molar-refractivity contribution in [2.75, 3.05) is 7.05 Å². The first-order valence-electron chi connectivity index (χ1n) is 6.59. The van der Waals surface area contributed by atoms with Gasteiger partial charge in [0.25, 0.3) is 0 Å². The minimum Gasteiger partial charge on any atom is -0.439 e. The highest BCUT2D eigenvalue weighted by Gasteiger charge is 2.06. The molecule has 0 aliphatic carbocycles. The van der Waals surface area contributed by atoms with Crippen LogP contribution in [0.25, 0.3) is 10.9 Å². The Bertz CT molecular complexity index is 776. The van der Waals surface area contributed by atoms with Gasteiger partial charge in [0.15, 0.2) is 0 Å². The molecule has 21 heavy (non-hydrogen) atoms. The molecule has 0 aliphatic heterocycles. The Balaban J connectivity index is 1.89. The van der Waals surface area contributed by atoms with E-state index in [4.69, 9.17) is 16.3 Å². The molecule has 2 heterocycles. The molecular formula is C16H14ClN3O. The second-order valence-corrected chi connectivity index (χ2v) is 4.98. The fraction of sp³-hybridized carbons (Fsp3) is 0.125. The zero-order valence-corrected chi connectivity index (χ0v) is 12.3. The van der Waals surface area contributed by atoms with E-state index >= 15 is 0 Å². The van der Waals surface area contributed by atoms with Crippen molar-refractivity contribution in [3.8, 4) is 11.6 Å². The van der Waals surface area contributed by atoms with Crippen molar-refractivity contribution < 1.29 is 4.74 Å². The molecule has 0 radical (unpaired) electrons. The van der Waals surface area contributed by atoms with Crippen molar-refractivity contribution in [1.82, 2.24) is 15.3 Å². The molecule has 1 N–H and O–H groups in total. The van der Waals surface area contributed by atoms with Crippen LogP contribution >= 0.6 is 11.6 Å². The lowest BCUT2D eigenvalue weighted by Gasteiger charge is -2.08. The number of aromatic nitrogens is 2. The Labute approximate surface area is 127 Å². The summed E-state index contributed by atoms with van der Waals surface area (Å²) in [7, 11) is 1.85. The van der Waals surface area contributed by atoms with Gasteiger partial charge in [-0.3, -0.25) is 4.98 Å². The third-order valence-electron chi connectivity index (χ3n) is 3.04. The summed E-state index contributed by atoms with van der Waals surface area (Å²) in [5.74, 6) is 1.21. The molecular weight excluding hydrogens is 286 g/mol. The standard InChI is InChI=1S/C16H14ClN3O/c1-18-10-15-13(17)6-7-16(20-15)21-12-5-4-11-3-2-8-19-14(11)9-12/h2-9,18H,10H2,1H3. The molecule has 2 aromatic heterocycles. The Morgan fingerprint density at radius 2 is 2.10 bits per heavy atom. The van der Waals surface area contributed by atoms with E-state index in [9.17, 15) is 0 Å². The van der Waals surface area contributed by atoms with Crippen LogP contribution in [0.3, 0.4) is 0 Å². The highest BCUT2D eigenvalue weighted by atomic mass is 35.5. The fourth-order valence-corrected chi connectivity index (χ4v) is 2.22. The third-order valence-corrected chi connectivity index (χ3v) is 3.38. The largest absolute Gasteiger partial charge is 0.439 e. The lowest BCUT2D eigenvalue weighted by Crippen LogP contribution is -2.07. The second-order valence-electron chi connectivity index (χ2n) is 4.57. The topological polar surface area (TPSA) is 47.0 Å². The van der Waals surface area contributed by atoms with E-state index in [-0.39, 0.29) is 0 Å². The van der Waals surface area contributed by atoms with Crippen LogP contribution in [0.2, 0.25) is 5.02 Å². The molecule has 0 spiro atoms. The van der Waals surface area contributed by atoms with E-state index in [0.29, 0.717) is 23.2 Å². The molecule has 106 valence electrons. The number of fused-ring (bicyclic) bond motifs is 1. The number of nitrogens with zero attached hydrogens (tertiary/aromatic N) is 2. The Kier molecular flexibility index (Phi) is 3.99. The van der Waals surface area contributed by atoms with Crippen molar-refractivity contribution in [2.24, 2.45) is 0 Å². The van der Waals surface area contributed by atoms with Gasteiger partial charge in [0.05, 0.1) is 16.2 Å². The molecule has 0 aliphatic rings. The summed E-state index contributed by atoms with van der Waals surface area (Å²) < 4.78 is 5.79. The van der Waals surface area contributed by atoms with Gasteiger partial charge in [-0.05, 0) is 31.3 Å². The maximum absolute atomic E-state index is 6.09. The molecule has 0 bridgehead atoms. The summed E-state index contributed by atoms with van der Waals surface area (Å²) >= 11 is 6.09. The number of hydrogen-bond acceptors (Lipinski definition) is 4. The minimum absolute atomic E-state index is 0.514. The van der Waals surface area contributed by atoms with Gasteiger partial charge in [0, 0.05) is 30.3 Å². The van der Waals surface area contributed by atoms with Crippen molar-refractivity contribution in [2.45, 2.75) is 6.54 Å². The van der Waals surface area contributed by atoms with Crippen LogP contribution in [-0.4, -0.2) is 17.0 Å². The molecule has 4 nitrogen and oxygen atoms in total. The van der Waals surface area contributed by atoms with Crippen LogP contribution in [0.1, 0.15) is 5.69 Å². The number of rotatable bonds is 4. The molecule has 0 amide bonds. The van der Waals surface area contributed by atoms with Gasteiger partial charge in [0.1, 0.15) is 5.75 Å². The lowest BCUT2D eigenvalue weighted by molar-refractivity contribution is 0.460. The first-order chi connectivity index (χ1) is 10.3. The van der Waals surface area contributed by atoms with Crippen LogP contribution in [0, 0.1) is 0 Å². The minimum atomic E-state index is 0.514. The van der Waals surface area contributed by atoms with E-state index < -0.39 is 0 Å². The van der Waals surface area contributed by atoms with Crippen LogP contribution < -0.4 is 10.1 Å². The van der Waals surface area contributed by atoms with Crippen LogP contribution in [-0.2, 0) is 6.54 Å². The van der Waals surface area contributed by atoms with Crippen LogP contribution in [0.4, 0.5) is 0 Å². The van der Waals surface area contributed by atoms with Gasteiger partial charge in [0.2, 0.25) is 5.88 Å².